The van der Waals surface area contributed by atoms with E-state index in [2.05, 4.69) is 5.32 Å². The first-order valence-electron chi connectivity index (χ1n) is 7.40. The first-order chi connectivity index (χ1) is 11.2. The maximum Gasteiger partial charge on any atom is 0.306 e. The predicted molar refractivity (Wildman–Crippen MR) is 95.5 cm³/mol. The second-order valence-corrected chi connectivity index (χ2v) is 8.76. The van der Waals surface area contributed by atoms with Crippen LogP contribution in [0.5, 0.6) is 0 Å². The molecule has 5 nitrogen and oxygen atoms in total. The van der Waals surface area contributed by atoms with E-state index in [0.717, 1.165) is 24.5 Å². The normalized spacial score (nSPS) is 16.7. The highest BCUT2D eigenvalue weighted by Crippen LogP contribution is 2.39. The van der Waals surface area contributed by atoms with Gasteiger partial charge in [-0.1, -0.05) is 28.0 Å². The smallest absolute Gasteiger partial charge is 0.306 e. The molecule has 1 aliphatic heterocycles. The van der Waals surface area contributed by atoms with Crippen LogP contribution in [-0.2, 0) is 14.3 Å². The number of unbranched alkanes of at least 4 members (excludes halogenated alkanes) is 1. The Morgan fingerprint density at radius 2 is 2.30 bits per heavy atom. The molecule has 1 atom stereocenters. The van der Waals surface area contributed by atoms with Crippen LogP contribution in [0.2, 0.25) is 0 Å². The zero-order valence-corrected chi connectivity index (χ0v) is 15.0. The molecule has 1 saturated heterocycles. The lowest BCUT2D eigenvalue weighted by Crippen LogP contribution is -2.20. The number of ether oxygens (including phenoxy) is 1. The number of nitrogens with zero attached hydrogens (tertiary/aromatic N) is 1. The molecule has 1 N–H and O–H groups in total. The monoisotopic (exact) mass is 370 g/mol. The van der Waals surface area contributed by atoms with Gasteiger partial charge in [-0.25, -0.2) is 0 Å². The van der Waals surface area contributed by atoms with E-state index < -0.39 is 5.91 Å². The first-order valence-corrected chi connectivity index (χ1v) is 10.7. The standard InChI is InChI=1S/C15H18N2O3S3/c16-9-11-5-7-21-15(11)17-13(18)10-20-14(19)4-2-1-3-12-6-8-22-23-12/h5,7,12H,1-4,6,8,10H2,(H,17,18)/t12-/m0/s1. The van der Waals surface area contributed by atoms with Gasteiger partial charge >= 0.3 is 5.97 Å². The molecule has 8 heteroatoms. The zero-order valence-electron chi connectivity index (χ0n) is 12.6. The van der Waals surface area contributed by atoms with Crippen molar-refractivity contribution < 1.29 is 14.3 Å². The van der Waals surface area contributed by atoms with Gasteiger partial charge in [0.15, 0.2) is 6.61 Å². The number of thiophene rings is 1. The minimum absolute atomic E-state index is 0.309. The van der Waals surface area contributed by atoms with Gasteiger partial charge in [0.2, 0.25) is 0 Å². The van der Waals surface area contributed by atoms with E-state index in [-0.39, 0.29) is 12.6 Å². The number of hydrogen-bond donors (Lipinski definition) is 1. The van der Waals surface area contributed by atoms with Crippen LogP contribution in [0.1, 0.15) is 37.7 Å². The molecule has 124 valence electrons. The van der Waals surface area contributed by atoms with Gasteiger partial charge in [0.25, 0.3) is 5.91 Å². The predicted octanol–water partition coefficient (Wildman–Crippen LogP) is 3.82. The summed E-state index contributed by atoms with van der Waals surface area (Å²) in [4.78, 5) is 23.3. The van der Waals surface area contributed by atoms with Crippen molar-refractivity contribution in [2.75, 3.05) is 17.7 Å². The van der Waals surface area contributed by atoms with E-state index in [1.165, 1.54) is 23.5 Å². The van der Waals surface area contributed by atoms with Gasteiger partial charge in [-0.15, -0.1) is 11.3 Å². The molecule has 1 amide bonds. The second-order valence-electron chi connectivity index (χ2n) is 5.06. The SMILES string of the molecule is N#Cc1ccsc1NC(=O)COC(=O)CCCC[C@H]1CCSS1. The summed E-state index contributed by atoms with van der Waals surface area (Å²) in [6, 6.07) is 3.62. The van der Waals surface area contributed by atoms with Crippen LogP contribution in [0.3, 0.4) is 0 Å². The summed E-state index contributed by atoms with van der Waals surface area (Å²) in [5.41, 5.74) is 0.414. The fourth-order valence-corrected chi connectivity index (χ4v) is 5.86. The van der Waals surface area contributed by atoms with Gasteiger partial charge < -0.3 is 10.1 Å². The Labute approximate surface area is 147 Å². The number of anilines is 1. The molecule has 0 saturated carbocycles. The molecule has 1 fully saturated rings. The van der Waals surface area contributed by atoms with Crippen molar-refractivity contribution in [2.24, 2.45) is 0 Å². The quantitative estimate of drug-likeness (QED) is 0.426. The summed E-state index contributed by atoms with van der Waals surface area (Å²) < 4.78 is 4.96. The van der Waals surface area contributed by atoms with E-state index in [1.807, 2.05) is 27.7 Å². The highest BCUT2D eigenvalue weighted by molar-refractivity contribution is 8.77. The summed E-state index contributed by atoms with van der Waals surface area (Å²) in [5, 5.41) is 14.4. The molecular weight excluding hydrogens is 352 g/mol. The maximum atomic E-state index is 11.7. The molecule has 1 aliphatic rings. The lowest BCUT2D eigenvalue weighted by molar-refractivity contribution is -0.147. The fourth-order valence-electron chi connectivity index (χ4n) is 2.08. The van der Waals surface area contributed by atoms with Gasteiger partial charge in [-0.2, -0.15) is 5.26 Å². The van der Waals surface area contributed by atoms with Crippen molar-refractivity contribution in [1.29, 1.82) is 5.26 Å². The molecule has 0 aliphatic carbocycles. The zero-order chi connectivity index (χ0) is 16.5. The molecule has 0 spiro atoms. The van der Waals surface area contributed by atoms with Crippen LogP contribution in [-0.4, -0.2) is 29.5 Å². The highest BCUT2D eigenvalue weighted by Gasteiger charge is 2.16. The fraction of sp³-hybridized carbons (Fsp3) is 0.533. The Morgan fingerprint density at radius 1 is 1.43 bits per heavy atom. The van der Waals surface area contributed by atoms with Gasteiger partial charge in [0.1, 0.15) is 11.1 Å². The van der Waals surface area contributed by atoms with E-state index in [4.69, 9.17) is 10.00 Å². The minimum atomic E-state index is -0.420. The van der Waals surface area contributed by atoms with Crippen LogP contribution < -0.4 is 5.32 Å². The molecule has 1 aromatic rings. The summed E-state index contributed by atoms with van der Waals surface area (Å²) in [6.07, 6.45) is 4.56. The Balaban J connectivity index is 1.56. The maximum absolute atomic E-state index is 11.7. The van der Waals surface area contributed by atoms with Crippen LogP contribution in [0.4, 0.5) is 5.00 Å². The lowest BCUT2D eigenvalue weighted by Gasteiger charge is -2.07. The number of hydrogen-bond acceptors (Lipinski definition) is 7. The van der Waals surface area contributed by atoms with Gasteiger partial charge in [-0.3, -0.25) is 9.59 Å². The molecule has 0 unspecified atom stereocenters. The third-order valence-electron chi connectivity index (χ3n) is 3.29. The third kappa shape index (κ3) is 6.45. The highest BCUT2D eigenvalue weighted by atomic mass is 33.1. The number of carbonyl (C=O) groups is 2. The topological polar surface area (TPSA) is 79.2 Å². The lowest BCUT2D eigenvalue weighted by atomic mass is 10.1. The van der Waals surface area contributed by atoms with E-state index in [0.29, 0.717) is 17.0 Å². The molecule has 2 heterocycles. The van der Waals surface area contributed by atoms with Crippen molar-refractivity contribution >= 4 is 49.8 Å². The van der Waals surface area contributed by atoms with E-state index in [9.17, 15) is 9.59 Å². The number of rotatable bonds is 8. The molecule has 1 aromatic heterocycles. The summed E-state index contributed by atoms with van der Waals surface area (Å²) >= 11 is 1.27. The molecule has 0 radical (unpaired) electrons. The second kappa shape index (κ2) is 9.85. The van der Waals surface area contributed by atoms with Crippen molar-refractivity contribution in [3.05, 3.63) is 17.0 Å². The Bertz CT molecular complexity index is 577. The Hall–Kier alpha value is -1.17. The summed E-state index contributed by atoms with van der Waals surface area (Å²) in [7, 11) is 3.87. The van der Waals surface area contributed by atoms with Crippen molar-refractivity contribution in [1.82, 2.24) is 0 Å². The number of nitrogens with one attached hydrogen (secondary N) is 1. The van der Waals surface area contributed by atoms with Crippen LogP contribution in [0, 0.1) is 11.3 Å². The van der Waals surface area contributed by atoms with Crippen LogP contribution >= 0.6 is 32.9 Å². The van der Waals surface area contributed by atoms with E-state index in [1.54, 1.807) is 11.4 Å². The molecular formula is C15H18N2O3S3. The third-order valence-corrected chi connectivity index (χ3v) is 7.12. The summed E-state index contributed by atoms with van der Waals surface area (Å²) in [6.45, 7) is -0.309. The number of esters is 1. The Kier molecular flexibility index (Phi) is 7.79. The summed E-state index contributed by atoms with van der Waals surface area (Å²) in [5.74, 6) is 0.460. The Morgan fingerprint density at radius 3 is 3.04 bits per heavy atom. The van der Waals surface area contributed by atoms with Crippen LogP contribution in [0.15, 0.2) is 11.4 Å². The van der Waals surface area contributed by atoms with Gasteiger partial charge in [0, 0.05) is 17.4 Å². The van der Waals surface area contributed by atoms with Crippen molar-refractivity contribution in [3.8, 4) is 6.07 Å². The average Bonchev–Trinajstić information content (AvgIpc) is 3.21. The minimum Gasteiger partial charge on any atom is -0.456 e. The van der Waals surface area contributed by atoms with Crippen molar-refractivity contribution in [3.63, 3.8) is 0 Å². The largest absolute Gasteiger partial charge is 0.456 e. The molecule has 2 rings (SSSR count). The first kappa shape index (κ1) is 18.2. The van der Waals surface area contributed by atoms with Gasteiger partial charge in [-0.05, 0) is 30.7 Å². The number of carbonyl (C=O) groups excluding carboxylic acids is 2. The molecule has 0 aromatic carbocycles. The number of nitriles is 1. The molecule has 0 bridgehead atoms. The number of amides is 1. The van der Waals surface area contributed by atoms with Crippen molar-refractivity contribution in [2.45, 2.75) is 37.4 Å². The average molecular weight is 371 g/mol. The van der Waals surface area contributed by atoms with Gasteiger partial charge in [0.05, 0.1) is 5.56 Å². The van der Waals surface area contributed by atoms with Crippen LogP contribution in [0.25, 0.3) is 0 Å². The van der Waals surface area contributed by atoms with E-state index >= 15 is 0 Å². The molecule has 23 heavy (non-hydrogen) atoms.